The van der Waals surface area contributed by atoms with E-state index in [0.29, 0.717) is 11.3 Å². The molecular formula is C25H24Cl2F3N3O2. The second-order valence-corrected chi connectivity index (χ2v) is 8.17. The molecule has 0 saturated heterocycles. The standard InChI is InChI=1S/C25H22F3N3O2.2ClH/c1-30-22-8-10-29-14-21(22)20-7-6-18(12-23(20)30)31-11-9-19(13-24(31)32)33-15-16-2-4-17(5-3-16)25(26,27)28;;/h2-7,9,11-13,29H,8,10,14-15H2,1H3;2*1H. The molecular weight excluding hydrogens is 502 g/mol. The number of benzene rings is 2. The zero-order valence-corrected chi connectivity index (χ0v) is 20.4. The van der Waals surface area contributed by atoms with Gasteiger partial charge in [0.2, 0.25) is 0 Å². The summed E-state index contributed by atoms with van der Waals surface area (Å²) in [6.45, 7) is 1.87. The Labute approximate surface area is 212 Å². The number of nitrogens with zero attached hydrogens (tertiary/aromatic N) is 2. The van der Waals surface area contributed by atoms with E-state index in [4.69, 9.17) is 4.74 Å². The summed E-state index contributed by atoms with van der Waals surface area (Å²) in [5.74, 6) is 0.359. The molecule has 10 heteroatoms. The minimum absolute atomic E-state index is 0. The molecule has 0 fully saturated rings. The first kappa shape index (κ1) is 26.7. The van der Waals surface area contributed by atoms with Gasteiger partial charge in [-0.3, -0.25) is 9.36 Å². The molecule has 1 aliphatic rings. The molecule has 4 aromatic rings. The molecule has 0 amide bonds. The third-order valence-corrected chi connectivity index (χ3v) is 6.12. The van der Waals surface area contributed by atoms with Crippen molar-refractivity contribution in [3.8, 4) is 11.4 Å². The first-order valence-electron chi connectivity index (χ1n) is 10.6. The van der Waals surface area contributed by atoms with Gasteiger partial charge in [-0.15, -0.1) is 24.8 Å². The van der Waals surface area contributed by atoms with E-state index < -0.39 is 11.7 Å². The number of aromatic nitrogens is 2. The molecule has 0 aliphatic carbocycles. The Morgan fingerprint density at radius 3 is 2.46 bits per heavy atom. The van der Waals surface area contributed by atoms with E-state index in [2.05, 4.69) is 23.0 Å². The summed E-state index contributed by atoms with van der Waals surface area (Å²) in [5, 5.41) is 4.60. The average molecular weight is 526 g/mol. The number of aryl methyl sites for hydroxylation is 1. The number of alkyl halides is 3. The lowest BCUT2D eigenvalue weighted by atomic mass is 10.1. The van der Waals surface area contributed by atoms with Crippen LogP contribution in [-0.4, -0.2) is 15.7 Å². The molecule has 2 aromatic heterocycles. The smallest absolute Gasteiger partial charge is 0.416 e. The highest BCUT2D eigenvalue weighted by Gasteiger charge is 2.29. The Kier molecular flexibility index (Phi) is 7.89. The predicted octanol–water partition coefficient (Wildman–Crippen LogP) is 5.42. The minimum Gasteiger partial charge on any atom is -0.489 e. The molecule has 0 spiro atoms. The molecule has 1 aliphatic heterocycles. The summed E-state index contributed by atoms with van der Waals surface area (Å²) in [6, 6.07) is 13.8. The Morgan fingerprint density at radius 1 is 1.03 bits per heavy atom. The lowest BCUT2D eigenvalue weighted by Gasteiger charge is -2.14. The van der Waals surface area contributed by atoms with Crippen molar-refractivity contribution in [3.05, 3.63) is 93.5 Å². The van der Waals surface area contributed by atoms with Crippen LogP contribution >= 0.6 is 24.8 Å². The number of fused-ring (bicyclic) bond motifs is 3. The zero-order valence-electron chi connectivity index (χ0n) is 18.8. The number of nitrogens with one attached hydrogen (secondary N) is 1. The molecule has 186 valence electrons. The predicted molar refractivity (Wildman–Crippen MR) is 134 cm³/mol. The molecule has 0 unspecified atom stereocenters. The van der Waals surface area contributed by atoms with Gasteiger partial charge in [-0.05, 0) is 41.5 Å². The first-order chi connectivity index (χ1) is 15.8. The third kappa shape index (κ3) is 5.19. The van der Waals surface area contributed by atoms with E-state index in [9.17, 15) is 18.0 Å². The van der Waals surface area contributed by atoms with E-state index in [0.717, 1.165) is 42.8 Å². The van der Waals surface area contributed by atoms with E-state index in [1.54, 1.807) is 16.8 Å². The SMILES string of the molecule is Cl.Cl.Cn1c2c(c3ccc(-n4ccc(OCc5ccc(C(F)(F)F)cc5)cc4=O)cc31)CNCC2. The van der Waals surface area contributed by atoms with Gasteiger partial charge in [0.05, 0.1) is 16.8 Å². The van der Waals surface area contributed by atoms with Crippen molar-refractivity contribution in [2.45, 2.75) is 25.7 Å². The second-order valence-electron chi connectivity index (χ2n) is 8.17. The Balaban J connectivity index is 0.00000171. The van der Waals surface area contributed by atoms with Crippen LogP contribution in [0.15, 0.2) is 65.6 Å². The van der Waals surface area contributed by atoms with Crippen LogP contribution in [0.3, 0.4) is 0 Å². The van der Waals surface area contributed by atoms with E-state index in [-0.39, 0.29) is 37.0 Å². The van der Waals surface area contributed by atoms with Gasteiger partial charge in [-0.25, -0.2) is 0 Å². The van der Waals surface area contributed by atoms with E-state index in [1.807, 2.05) is 12.1 Å². The van der Waals surface area contributed by atoms with Crippen LogP contribution < -0.4 is 15.6 Å². The highest BCUT2D eigenvalue weighted by molar-refractivity contribution is 5.87. The average Bonchev–Trinajstić information content (AvgIpc) is 3.09. The molecule has 0 atom stereocenters. The van der Waals surface area contributed by atoms with Crippen LogP contribution in [0, 0.1) is 0 Å². The summed E-state index contributed by atoms with van der Waals surface area (Å²) < 4.78 is 47.4. The van der Waals surface area contributed by atoms with Crippen molar-refractivity contribution >= 4 is 35.7 Å². The van der Waals surface area contributed by atoms with Gasteiger partial charge < -0.3 is 14.6 Å². The molecule has 0 radical (unpaired) electrons. The van der Waals surface area contributed by atoms with Gasteiger partial charge in [0.25, 0.3) is 5.56 Å². The van der Waals surface area contributed by atoms with Gasteiger partial charge >= 0.3 is 6.18 Å². The van der Waals surface area contributed by atoms with Gasteiger partial charge in [0.1, 0.15) is 12.4 Å². The van der Waals surface area contributed by atoms with Crippen LogP contribution in [-0.2, 0) is 32.8 Å². The molecule has 0 saturated carbocycles. The number of hydrogen-bond donors (Lipinski definition) is 1. The maximum atomic E-state index is 12.8. The van der Waals surface area contributed by atoms with Crippen molar-refractivity contribution in [1.29, 1.82) is 0 Å². The zero-order chi connectivity index (χ0) is 23.2. The molecule has 5 nitrogen and oxygen atoms in total. The van der Waals surface area contributed by atoms with Crippen molar-refractivity contribution < 1.29 is 17.9 Å². The van der Waals surface area contributed by atoms with Crippen molar-refractivity contribution in [2.24, 2.45) is 7.05 Å². The second kappa shape index (κ2) is 10.4. The van der Waals surface area contributed by atoms with E-state index in [1.165, 1.54) is 34.8 Å². The van der Waals surface area contributed by atoms with Gasteiger partial charge in [-0.1, -0.05) is 18.2 Å². The molecule has 0 bridgehead atoms. The summed E-state index contributed by atoms with van der Waals surface area (Å²) in [5.41, 5.74) is 4.09. The van der Waals surface area contributed by atoms with Crippen molar-refractivity contribution in [3.63, 3.8) is 0 Å². The minimum atomic E-state index is -4.37. The topological polar surface area (TPSA) is 48.2 Å². The van der Waals surface area contributed by atoms with Crippen molar-refractivity contribution in [1.82, 2.24) is 14.5 Å². The molecule has 5 rings (SSSR count). The highest BCUT2D eigenvalue weighted by Crippen LogP contribution is 2.30. The fourth-order valence-electron chi connectivity index (χ4n) is 4.36. The Morgan fingerprint density at radius 2 is 1.77 bits per heavy atom. The largest absolute Gasteiger partial charge is 0.489 e. The lowest BCUT2D eigenvalue weighted by molar-refractivity contribution is -0.137. The number of rotatable bonds is 4. The van der Waals surface area contributed by atoms with Gasteiger partial charge in [0, 0.05) is 49.9 Å². The van der Waals surface area contributed by atoms with E-state index >= 15 is 0 Å². The Bertz CT molecular complexity index is 1400. The fourth-order valence-corrected chi connectivity index (χ4v) is 4.36. The highest BCUT2D eigenvalue weighted by atomic mass is 35.5. The molecule has 3 heterocycles. The number of hydrogen-bond acceptors (Lipinski definition) is 3. The van der Waals surface area contributed by atoms with Crippen molar-refractivity contribution in [2.75, 3.05) is 6.54 Å². The first-order valence-corrected chi connectivity index (χ1v) is 10.6. The van der Waals surface area contributed by atoms with Crippen LogP contribution in [0.4, 0.5) is 13.2 Å². The number of ether oxygens (including phenoxy) is 1. The van der Waals surface area contributed by atoms with Gasteiger partial charge in [-0.2, -0.15) is 13.2 Å². The summed E-state index contributed by atoms with van der Waals surface area (Å²) >= 11 is 0. The monoisotopic (exact) mass is 525 g/mol. The Hall–Kier alpha value is -2.94. The number of halogens is 5. The maximum absolute atomic E-state index is 12.8. The molecule has 1 N–H and O–H groups in total. The number of pyridine rings is 1. The molecule has 2 aromatic carbocycles. The maximum Gasteiger partial charge on any atom is 0.416 e. The third-order valence-electron chi connectivity index (χ3n) is 6.12. The van der Waals surface area contributed by atoms with Crippen LogP contribution in [0.1, 0.15) is 22.4 Å². The molecule has 35 heavy (non-hydrogen) atoms. The van der Waals surface area contributed by atoms with Crippen LogP contribution in [0.5, 0.6) is 5.75 Å². The normalized spacial score (nSPS) is 13.0. The summed E-state index contributed by atoms with van der Waals surface area (Å²) in [6.07, 6.45) is -1.75. The van der Waals surface area contributed by atoms with Gasteiger partial charge in [0.15, 0.2) is 0 Å². The van der Waals surface area contributed by atoms with Crippen LogP contribution in [0.25, 0.3) is 16.6 Å². The quantitative estimate of drug-likeness (QED) is 0.387. The van der Waals surface area contributed by atoms with Crippen LogP contribution in [0.2, 0.25) is 0 Å². The lowest BCUT2D eigenvalue weighted by Crippen LogP contribution is -2.24. The summed E-state index contributed by atoms with van der Waals surface area (Å²) in [4.78, 5) is 12.8. The fraction of sp³-hybridized carbons (Fsp3) is 0.240. The summed E-state index contributed by atoms with van der Waals surface area (Å²) in [7, 11) is 2.05.